The minimum Gasteiger partial charge on any atom is -0.385 e. The molecule has 0 aromatic carbocycles. The number of nitrogens with two attached hydrogens (primary N) is 1. The maximum absolute atomic E-state index is 10.4. The standard InChI is InChI=1S/C21H30N6O/c1-13(28)21-25-18-12-24-20-17(6-9-23-20)19(18)27(21)16-4-2-15(3-5-16)26-10-7-14(22)8-11-26/h6,9,12-16,28H,2-5,7-8,10-11,22H2,1H3,(H,23,24)/t13-,15-,16+/m1/s1. The van der Waals surface area contributed by atoms with E-state index in [1.54, 1.807) is 0 Å². The number of rotatable bonds is 3. The van der Waals surface area contributed by atoms with E-state index >= 15 is 0 Å². The number of piperidine rings is 1. The zero-order chi connectivity index (χ0) is 19.3. The third-order valence-electron chi connectivity index (χ3n) is 6.76. The van der Waals surface area contributed by atoms with Gasteiger partial charge in [0.1, 0.15) is 23.1 Å². The molecule has 1 aliphatic heterocycles. The molecule has 4 heterocycles. The molecule has 4 N–H and O–H groups in total. The second kappa shape index (κ2) is 7.13. The number of fused-ring (bicyclic) bond motifs is 3. The maximum atomic E-state index is 10.4. The molecule has 150 valence electrons. The number of aromatic amines is 1. The van der Waals surface area contributed by atoms with Crippen molar-refractivity contribution in [3.05, 3.63) is 24.3 Å². The zero-order valence-electron chi connectivity index (χ0n) is 16.5. The Kier molecular flexibility index (Phi) is 4.61. The Labute approximate surface area is 164 Å². The van der Waals surface area contributed by atoms with Crippen molar-refractivity contribution in [3.8, 4) is 0 Å². The summed E-state index contributed by atoms with van der Waals surface area (Å²) in [6.45, 7) is 4.08. The molecule has 0 amide bonds. The predicted molar refractivity (Wildman–Crippen MR) is 110 cm³/mol. The van der Waals surface area contributed by atoms with Crippen LogP contribution in [0.25, 0.3) is 22.1 Å². The van der Waals surface area contributed by atoms with Gasteiger partial charge in [0.05, 0.1) is 11.7 Å². The number of aromatic nitrogens is 4. The predicted octanol–water partition coefficient (Wildman–Crippen LogP) is 2.87. The summed E-state index contributed by atoms with van der Waals surface area (Å²) in [4.78, 5) is 15.1. The Balaban J connectivity index is 1.45. The lowest BCUT2D eigenvalue weighted by atomic mass is 9.88. The second-order valence-electron chi connectivity index (χ2n) is 8.58. The van der Waals surface area contributed by atoms with E-state index in [-0.39, 0.29) is 0 Å². The third-order valence-corrected chi connectivity index (χ3v) is 6.76. The zero-order valence-corrected chi connectivity index (χ0v) is 16.5. The smallest absolute Gasteiger partial charge is 0.139 e. The molecular weight excluding hydrogens is 352 g/mol. The van der Waals surface area contributed by atoms with Gasteiger partial charge in [0.15, 0.2) is 0 Å². The molecule has 0 unspecified atom stereocenters. The Bertz CT molecular complexity index is 960. The molecule has 0 radical (unpaired) electrons. The molecule has 7 heteroatoms. The van der Waals surface area contributed by atoms with E-state index < -0.39 is 6.10 Å². The van der Waals surface area contributed by atoms with Gasteiger partial charge in [-0.1, -0.05) is 0 Å². The molecular formula is C21H30N6O. The first-order chi connectivity index (χ1) is 13.6. The van der Waals surface area contributed by atoms with Gasteiger partial charge in [0.25, 0.3) is 0 Å². The van der Waals surface area contributed by atoms with Gasteiger partial charge in [0.2, 0.25) is 0 Å². The van der Waals surface area contributed by atoms with E-state index in [0.29, 0.717) is 18.1 Å². The Morgan fingerprint density at radius 1 is 1.14 bits per heavy atom. The molecule has 5 rings (SSSR count). The van der Waals surface area contributed by atoms with Crippen LogP contribution < -0.4 is 5.73 Å². The highest BCUT2D eigenvalue weighted by Crippen LogP contribution is 2.38. The first kappa shape index (κ1) is 18.1. The van der Waals surface area contributed by atoms with E-state index in [4.69, 9.17) is 10.7 Å². The van der Waals surface area contributed by atoms with Crippen molar-refractivity contribution in [3.63, 3.8) is 0 Å². The maximum Gasteiger partial charge on any atom is 0.139 e. The van der Waals surface area contributed by atoms with E-state index in [1.807, 2.05) is 19.3 Å². The minimum absolute atomic E-state index is 0.374. The van der Waals surface area contributed by atoms with Gasteiger partial charge >= 0.3 is 0 Å². The van der Waals surface area contributed by atoms with Crippen LogP contribution in [0.2, 0.25) is 0 Å². The largest absolute Gasteiger partial charge is 0.385 e. The number of nitrogens with one attached hydrogen (secondary N) is 1. The van der Waals surface area contributed by atoms with Crippen LogP contribution >= 0.6 is 0 Å². The minimum atomic E-state index is -0.595. The molecule has 1 aliphatic carbocycles. The number of likely N-dealkylation sites (tertiary alicyclic amines) is 1. The monoisotopic (exact) mass is 382 g/mol. The van der Waals surface area contributed by atoms with E-state index in [2.05, 4.69) is 25.5 Å². The normalized spacial score (nSPS) is 26.2. The average molecular weight is 383 g/mol. The van der Waals surface area contributed by atoms with Crippen molar-refractivity contribution < 1.29 is 5.11 Å². The first-order valence-electron chi connectivity index (χ1n) is 10.6. The topological polar surface area (TPSA) is 96.0 Å². The van der Waals surface area contributed by atoms with Crippen LogP contribution in [0.15, 0.2) is 18.5 Å². The highest BCUT2D eigenvalue weighted by Gasteiger charge is 2.31. The molecule has 2 fully saturated rings. The van der Waals surface area contributed by atoms with Gasteiger partial charge in [0, 0.05) is 29.7 Å². The molecule has 3 aromatic rings. The lowest BCUT2D eigenvalue weighted by Crippen LogP contribution is -2.46. The van der Waals surface area contributed by atoms with Gasteiger partial charge in [-0.3, -0.25) is 0 Å². The van der Waals surface area contributed by atoms with Gasteiger partial charge in [-0.05, 0) is 64.6 Å². The fourth-order valence-electron chi connectivity index (χ4n) is 5.24. The quantitative estimate of drug-likeness (QED) is 0.647. The fourth-order valence-corrected chi connectivity index (χ4v) is 5.24. The number of nitrogens with zero attached hydrogens (tertiary/aromatic N) is 4. The molecule has 0 spiro atoms. The number of H-pyrrole nitrogens is 1. The molecule has 0 bridgehead atoms. The molecule has 2 aliphatic rings. The lowest BCUT2D eigenvalue weighted by molar-refractivity contribution is 0.107. The van der Waals surface area contributed by atoms with E-state index in [0.717, 1.165) is 66.7 Å². The van der Waals surface area contributed by atoms with Crippen molar-refractivity contribution in [1.29, 1.82) is 0 Å². The van der Waals surface area contributed by atoms with Crippen molar-refractivity contribution >= 4 is 22.1 Å². The summed E-state index contributed by atoms with van der Waals surface area (Å²) in [6.07, 6.45) is 10.0. The van der Waals surface area contributed by atoms with Gasteiger partial charge < -0.3 is 25.3 Å². The molecule has 28 heavy (non-hydrogen) atoms. The van der Waals surface area contributed by atoms with Crippen LogP contribution in [0.1, 0.15) is 63.4 Å². The fraction of sp³-hybridized carbons (Fsp3) is 0.619. The van der Waals surface area contributed by atoms with Crippen LogP contribution in [-0.2, 0) is 0 Å². The summed E-state index contributed by atoms with van der Waals surface area (Å²) >= 11 is 0. The second-order valence-corrected chi connectivity index (χ2v) is 8.58. The third kappa shape index (κ3) is 3.02. The molecule has 3 aromatic heterocycles. The Morgan fingerprint density at radius 3 is 2.57 bits per heavy atom. The summed E-state index contributed by atoms with van der Waals surface area (Å²) in [5.41, 5.74) is 8.93. The van der Waals surface area contributed by atoms with Gasteiger partial charge in [-0.2, -0.15) is 0 Å². The van der Waals surface area contributed by atoms with Crippen LogP contribution in [0.4, 0.5) is 0 Å². The van der Waals surface area contributed by atoms with Crippen molar-refractivity contribution in [2.45, 2.75) is 69.7 Å². The number of aliphatic hydroxyl groups is 1. The number of imidazole rings is 1. The SMILES string of the molecule is C[C@@H](O)c1nc2cnc3[nH]ccc3c2n1[C@H]1CC[C@@H](N2CCC(N)CC2)CC1. The summed E-state index contributed by atoms with van der Waals surface area (Å²) in [7, 11) is 0. The Hall–Kier alpha value is -1.96. The molecule has 7 nitrogen and oxygen atoms in total. The van der Waals surface area contributed by atoms with Crippen molar-refractivity contribution in [2.75, 3.05) is 13.1 Å². The van der Waals surface area contributed by atoms with Crippen LogP contribution in [-0.4, -0.2) is 54.7 Å². The summed E-state index contributed by atoms with van der Waals surface area (Å²) in [5, 5.41) is 11.5. The van der Waals surface area contributed by atoms with E-state index in [9.17, 15) is 5.11 Å². The first-order valence-corrected chi connectivity index (χ1v) is 10.6. The van der Waals surface area contributed by atoms with Gasteiger partial charge in [-0.25, -0.2) is 9.97 Å². The summed E-state index contributed by atoms with van der Waals surface area (Å²) in [5.74, 6) is 0.762. The van der Waals surface area contributed by atoms with Crippen LogP contribution in [0.3, 0.4) is 0 Å². The summed E-state index contributed by atoms with van der Waals surface area (Å²) in [6, 6.07) is 3.49. The number of hydrogen-bond donors (Lipinski definition) is 3. The number of aliphatic hydroxyl groups excluding tert-OH is 1. The van der Waals surface area contributed by atoms with Crippen LogP contribution in [0.5, 0.6) is 0 Å². The molecule has 1 saturated heterocycles. The highest BCUT2D eigenvalue weighted by atomic mass is 16.3. The van der Waals surface area contributed by atoms with Crippen LogP contribution in [0, 0.1) is 0 Å². The Morgan fingerprint density at radius 2 is 1.86 bits per heavy atom. The highest BCUT2D eigenvalue weighted by molar-refractivity contribution is 6.01. The van der Waals surface area contributed by atoms with Crippen molar-refractivity contribution in [2.24, 2.45) is 5.73 Å². The van der Waals surface area contributed by atoms with Crippen molar-refractivity contribution in [1.82, 2.24) is 24.4 Å². The van der Waals surface area contributed by atoms with E-state index in [1.165, 1.54) is 12.8 Å². The average Bonchev–Trinajstić information content (AvgIpc) is 3.33. The summed E-state index contributed by atoms with van der Waals surface area (Å²) < 4.78 is 2.31. The lowest BCUT2D eigenvalue weighted by Gasteiger charge is -2.40. The van der Waals surface area contributed by atoms with Gasteiger partial charge in [-0.15, -0.1) is 0 Å². The molecule has 1 atom stereocenters. The number of pyridine rings is 1. The number of hydrogen-bond acceptors (Lipinski definition) is 5. The molecule has 1 saturated carbocycles.